The molecule has 1 N–H and O–H groups in total. The average molecular weight is 150 g/mol. The van der Waals surface area contributed by atoms with Gasteiger partial charge in [0.2, 0.25) is 0 Å². The summed E-state index contributed by atoms with van der Waals surface area (Å²) in [6.07, 6.45) is 6.95. The van der Waals surface area contributed by atoms with E-state index in [2.05, 4.69) is 17.2 Å². The fourth-order valence-corrected chi connectivity index (χ4v) is 1.25. The molecule has 0 saturated heterocycles. The summed E-state index contributed by atoms with van der Waals surface area (Å²) >= 11 is 0. The molecule has 0 aromatic carbocycles. The number of hydrogen-bond donors (Lipinski definition) is 1. The Morgan fingerprint density at radius 2 is 2.36 bits per heavy atom. The third-order valence-corrected chi connectivity index (χ3v) is 2.19. The number of hydrogen-bond acceptors (Lipinski definition) is 2. The SMILES string of the molecule is CC1=C(NC2CC2)N=CCC1. The van der Waals surface area contributed by atoms with E-state index in [1.807, 2.05) is 6.21 Å². The third-order valence-electron chi connectivity index (χ3n) is 2.19. The molecule has 0 spiro atoms. The van der Waals surface area contributed by atoms with Crippen LogP contribution in [0.25, 0.3) is 0 Å². The lowest BCUT2D eigenvalue weighted by Gasteiger charge is -2.12. The summed E-state index contributed by atoms with van der Waals surface area (Å²) < 4.78 is 0. The van der Waals surface area contributed by atoms with E-state index in [1.165, 1.54) is 24.8 Å². The van der Waals surface area contributed by atoms with E-state index >= 15 is 0 Å². The summed E-state index contributed by atoms with van der Waals surface area (Å²) in [6, 6.07) is 0.732. The van der Waals surface area contributed by atoms with Crippen molar-refractivity contribution in [3.8, 4) is 0 Å². The molecule has 2 nitrogen and oxygen atoms in total. The number of aliphatic imine (C=N–C) groups is 1. The van der Waals surface area contributed by atoms with Crippen LogP contribution < -0.4 is 5.32 Å². The van der Waals surface area contributed by atoms with Crippen LogP contribution in [-0.2, 0) is 0 Å². The summed E-state index contributed by atoms with van der Waals surface area (Å²) in [4.78, 5) is 4.33. The maximum atomic E-state index is 4.33. The second kappa shape index (κ2) is 2.68. The minimum atomic E-state index is 0.732. The highest BCUT2D eigenvalue weighted by molar-refractivity contribution is 5.61. The van der Waals surface area contributed by atoms with Gasteiger partial charge in [-0.15, -0.1) is 0 Å². The van der Waals surface area contributed by atoms with E-state index in [1.54, 1.807) is 0 Å². The Balaban J connectivity index is 2.02. The Bertz CT molecular complexity index is 212. The van der Waals surface area contributed by atoms with Gasteiger partial charge in [0, 0.05) is 12.3 Å². The van der Waals surface area contributed by atoms with Crippen LogP contribution in [0, 0.1) is 0 Å². The van der Waals surface area contributed by atoms with Crippen molar-refractivity contribution < 1.29 is 0 Å². The zero-order valence-corrected chi connectivity index (χ0v) is 6.93. The standard InChI is InChI=1S/C9H14N2/c1-7-3-2-6-10-9(7)11-8-4-5-8/h6,8,11H,2-5H2,1H3. The van der Waals surface area contributed by atoms with Gasteiger partial charge in [0.25, 0.3) is 0 Å². The van der Waals surface area contributed by atoms with Crippen LogP contribution in [0.15, 0.2) is 16.4 Å². The van der Waals surface area contributed by atoms with Crippen molar-refractivity contribution in [3.63, 3.8) is 0 Å². The molecule has 2 rings (SSSR count). The summed E-state index contributed by atoms with van der Waals surface area (Å²) in [5.74, 6) is 1.14. The minimum Gasteiger partial charge on any atom is -0.367 e. The first kappa shape index (κ1) is 6.89. The van der Waals surface area contributed by atoms with Gasteiger partial charge in [-0.05, 0) is 38.2 Å². The smallest absolute Gasteiger partial charge is 0.124 e. The summed E-state index contributed by atoms with van der Waals surface area (Å²) in [7, 11) is 0. The molecule has 0 aromatic heterocycles. The van der Waals surface area contributed by atoms with E-state index in [0.717, 1.165) is 18.3 Å². The highest BCUT2D eigenvalue weighted by Crippen LogP contribution is 2.23. The molecule has 0 aromatic rings. The summed E-state index contributed by atoms with van der Waals surface area (Å²) in [5.41, 5.74) is 1.42. The van der Waals surface area contributed by atoms with Crippen molar-refractivity contribution in [3.05, 3.63) is 11.4 Å². The molecule has 0 unspecified atom stereocenters. The molecule has 1 fully saturated rings. The van der Waals surface area contributed by atoms with E-state index in [-0.39, 0.29) is 0 Å². The first-order chi connectivity index (χ1) is 5.36. The van der Waals surface area contributed by atoms with Gasteiger partial charge in [-0.1, -0.05) is 0 Å². The third kappa shape index (κ3) is 1.62. The van der Waals surface area contributed by atoms with Crippen molar-refractivity contribution in [1.29, 1.82) is 0 Å². The van der Waals surface area contributed by atoms with Crippen molar-refractivity contribution in [1.82, 2.24) is 5.32 Å². The van der Waals surface area contributed by atoms with Crippen LogP contribution in [0.3, 0.4) is 0 Å². The highest BCUT2D eigenvalue weighted by Gasteiger charge is 2.22. The maximum Gasteiger partial charge on any atom is 0.124 e. The van der Waals surface area contributed by atoms with Gasteiger partial charge >= 0.3 is 0 Å². The molecule has 1 saturated carbocycles. The van der Waals surface area contributed by atoms with Crippen molar-refractivity contribution >= 4 is 6.21 Å². The van der Waals surface area contributed by atoms with E-state index in [0.29, 0.717) is 0 Å². The maximum absolute atomic E-state index is 4.33. The highest BCUT2D eigenvalue weighted by atomic mass is 15.1. The predicted octanol–water partition coefficient (Wildman–Crippen LogP) is 1.83. The summed E-state index contributed by atoms with van der Waals surface area (Å²) in [6.45, 7) is 2.17. The number of nitrogens with one attached hydrogen (secondary N) is 1. The van der Waals surface area contributed by atoms with Gasteiger partial charge in [0.15, 0.2) is 0 Å². The van der Waals surface area contributed by atoms with Gasteiger partial charge < -0.3 is 5.32 Å². The molecular formula is C9H14N2. The monoisotopic (exact) mass is 150 g/mol. The first-order valence-electron chi connectivity index (χ1n) is 4.35. The molecule has 0 atom stereocenters. The minimum absolute atomic E-state index is 0.732. The molecule has 2 aliphatic rings. The molecule has 1 heterocycles. The van der Waals surface area contributed by atoms with Crippen LogP contribution in [-0.4, -0.2) is 12.3 Å². The van der Waals surface area contributed by atoms with Gasteiger partial charge in [0.1, 0.15) is 5.82 Å². The average Bonchev–Trinajstić information content (AvgIpc) is 2.78. The predicted molar refractivity (Wildman–Crippen MR) is 46.6 cm³/mol. The van der Waals surface area contributed by atoms with Crippen LogP contribution in [0.5, 0.6) is 0 Å². The van der Waals surface area contributed by atoms with Gasteiger partial charge in [-0.3, -0.25) is 0 Å². The van der Waals surface area contributed by atoms with E-state index in [4.69, 9.17) is 0 Å². The summed E-state index contributed by atoms with van der Waals surface area (Å²) in [5, 5.41) is 3.42. The molecule has 0 bridgehead atoms. The normalized spacial score (nSPS) is 24.1. The Kier molecular flexibility index (Phi) is 1.68. The topological polar surface area (TPSA) is 24.4 Å². The molecule has 0 radical (unpaired) electrons. The zero-order chi connectivity index (χ0) is 7.68. The molecule has 0 amide bonds. The number of allylic oxidation sites excluding steroid dienone is 1. The number of rotatable bonds is 2. The molecule has 1 aliphatic heterocycles. The Morgan fingerprint density at radius 1 is 1.55 bits per heavy atom. The van der Waals surface area contributed by atoms with Crippen molar-refractivity contribution in [2.24, 2.45) is 4.99 Å². The quantitative estimate of drug-likeness (QED) is 0.638. The Labute approximate surface area is 67.4 Å². The van der Waals surface area contributed by atoms with E-state index in [9.17, 15) is 0 Å². The largest absolute Gasteiger partial charge is 0.367 e. The molecule has 1 aliphatic carbocycles. The fraction of sp³-hybridized carbons (Fsp3) is 0.667. The lowest BCUT2D eigenvalue weighted by molar-refractivity contribution is 0.757. The van der Waals surface area contributed by atoms with Crippen molar-refractivity contribution in [2.75, 3.05) is 0 Å². The van der Waals surface area contributed by atoms with Crippen LogP contribution in [0.4, 0.5) is 0 Å². The molecule has 60 valence electrons. The number of nitrogens with zero attached hydrogens (tertiary/aromatic N) is 1. The lowest BCUT2D eigenvalue weighted by atomic mass is 10.1. The van der Waals surface area contributed by atoms with E-state index < -0.39 is 0 Å². The Hall–Kier alpha value is -0.790. The van der Waals surface area contributed by atoms with Crippen molar-refractivity contribution in [2.45, 2.75) is 38.6 Å². The van der Waals surface area contributed by atoms with Gasteiger partial charge in [-0.2, -0.15) is 0 Å². The fourth-order valence-electron chi connectivity index (χ4n) is 1.25. The second-order valence-electron chi connectivity index (χ2n) is 3.40. The van der Waals surface area contributed by atoms with Crippen LogP contribution in [0.2, 0.25) is 0 Å². The van der Waals surface area contributed by atoms with Gasteiger partial charge in [-0.25, -0.2) is 4.99 Å². The van der Waals surface area contributed by atoms with Crippen LogP contribution in [0.1, 0.15) is 32.6 Å². The second-order valence-corrected chi connectivity index (χ2v) is 3.40. The Morgan fingerprint density at radius 3 is 3.00 bits per heavy atom. The van der Waals surface area contributed by atoms with Crippen LogP contribution >= 0.6 is 0 Å². The molecule has 11 heavy (non-hydrogen) atoms. The first-order valence-corrected chi connectivity index (χ1v) is 4.35. The molecular weight excluding hydrogens is 136 g/mol. The lowest BCUT2D eigenvalue weighted by Crippen LogP contribution is -2.17. The van der Waals surface area contributed by atoms with Gasteiger partial charge in [0.05, 0.1) is 0 Å². The zero-order valence-electron chi connectivity index (χ0n) is 6.93. The molecule has 2 heteroatoms.